The molecule has 1 heterocycles. The van der Waals surface area contributed by atoms with Crippen LogP contribution in [0.25, 0.3) is 0 Å². The van der Waals surface area contributed by atoms with Gasteiger partial charge in [0.2, 0.25) is 5.91 Å². The molecule has 102 valence electrons. The highest BCUT2D eigenvalue weighted by Gasteiger charge is 2.34. The molecule has 2 fully saturated rings. The smallest absolute Gasteiger partial charge is 0.327 e. The van der Waals surface area contributed by atoms with E-state index in [1.807, 2.05) is 0 Å². The van der Waals surface area contributed by atoms with E-state index in [4.69, 9.17) is 5.11 Å². The molecule has 18 heavy (non-hydrogen) atoms. The highest BCUT2D eigenvalue weighted by Crippen LogP contribution is 2.29. The lowest BCUT2D eigenvalue weighted by Crippen LogP contribution is -2.49. The van der Waals surface area contributed by atoms with Crippen molar-refractivity contribution in [3.05, 3.63) is 0 Å². The molecule has 2 rings (SSSR count). The molecule has 0 aromatic heterocycles. The number of aliphatic carboxylic acids is 1. The van der Waals surface area contributed by atoms with Crippen molar-refractivity contribution in [1.29, 1.82) is 0 Å². The van der Waals surface area contributed by atoms with Crippen molar-refractivity contribution in [2.24, 2.45) is 0 Å². The third-order valence-electron chi connectivity index (χ3n) is 3.57. The molecular weight excluding hydrogens is 234 g/mol. The fourth-order valence-corrected chi connectivity index (χ4v) is 2.46. The predicted molar refractivity (Wildman–Crippen MR) is 66.2 cm³/mol. The van der Waals surface area contributed by atoms with Crippen LogP contribution >= 0.6 is 0 Å². The van der Waals surface area contributed by atoms with Crippen LogP contribution in [0.4, 0.5) is 0 Å². The molecule has 1 amide bonds. The molecule has 2 atom stereocenters. The second kappa shape index (κ2) is 5.67. The Balaban J connectivity index is 1.72. The van der Waals surface area contributed by atoms with Gasteiger partial charge in [0.1, 0.15) is 6.04 Å². The van der Waals surface area contributed by atoms with E-state index < -0.39 is 12.0 Å². The number of carbonyl (C=O) groups excluding carboxylic acids is 1. The van der Waals surface area contributed by atoms with E-state index in [1.54, 1.807) is 0 Å². The minimum atomic E-state index is -0.991. The summed E-state index contributed by atoms with van der Waals surface area (Å²) in [6.45, 7) is 3.72. The second-order valence-corrected chi connectivity index (χ2v) is 5.21. The Morgan fingerprint density at radius 2 is 2.11 bits per heavy atom. The van der Waals surface area contributed by atoms with Gasteiger partial charge in [0.15, 0.2) is 0 Å². The van der Waals surface area contributed by atoms with Crippen LogP contribution in [0.15, 0.2) is 0 Å². The Hall–Kier alpha value is -1.14. The Kier molecular flexibility index (Phi) is 4.19. The zero-order chi connectivity index (χ0) is 13.1. The van der Waals surface area contributed by atoms with E-state index in [2.05, 4.69) is 15.5 Å². The van der Waals surface area contributed by atoms with E-state index in [-0.39, 0.29) is 12.5 Å². The predicted octanol–water partition coefficient (Wildman–Crippen LogP) is -0.598. The van der Waals surface area contributed by atoms with Gasteiger partial charge in [-0.05, 0) is 19.3 Å². The molecule has 0 radical (unpaired) electrons. The number of carboxylic acid groups (broad SMARTS) is 1. The van der Waals surface area contributed by atoms with Gasteiger partial charge in [0.25, 0.3) is 0 Å². The van der Waals surface area contributed by atoms with Gasteiger partial charge in [0, 0.05) is 38.6 Å². The average Bonchev–Trinajstić information content (AvgIpc) is 3.04. The van der Waals surface area contributed by atoms with Gasteiger partial charge in [0.05, 0.1) is 0 Å². The number of nitrogens with zero attached hydrogens (tertiary/aromatic N) is 1. The van der Waals surface area contributed by atoms with Crippen molar-refractivity contribution in [3.8, 4) is 0 Å². The summed E-state index contributed by atoms with van der Waals surface area (Å²) in [4.78, 5) is 24.3. The maximum absolute atomic E-state index is 11.0. The van der Waals surface area contributed by atoms with E-state index in [1.165, 1.54) is 19.8 Å². The topological polar surface area (TPSA) is 81.7 Å². The van der Waals surface area contributed by atoms with Crippen molar-refractivity contribution in [1.82, 2.24) is 15.5 Å². The largest absolute Gasteiger partial charge is 0.480 e. The lowest BCUT2D eigenvalue weighted by Gasteiger charge is -2.19. The number of rotatable bonds is 6. The molecule has 0 spiro atoms. The van der Waals surface area contributed by atoms with E-state index in [0.29, 0.717) is 6.04 Å². The van der Waals surface area contributed by atoms with Crippen LogP contribution in [0.5, 0.6) is 0 Å². The van der Waals surface area contributed by atoms with Crippen LogP contribution in [-0.2, 0) is 9.59 Å². The van der Waals surface area contributed by atoms with Crippen LogP contribution in [-0.4, -0.2) is 59.6 Å². The maximum Gasteiger partial charge on any atom is 0.327 e. The summed E-state index contributed by atoms with van der Waals surface area (Å²) in [5, 5.41) is 14.7. The number of hydrogen-bond acceptors (Lipinski definition) is 4. The summed E-state index contributed by atoms with van der Waals surface area (Å²) >= 11 is 0. The van der Waals surface area contributed by atoms with Gasteiger partial charge in [-0.2, -0.15) is 0 Å². The quantitative estimate of drug-likeness (QED) is 0.590. The van der Waals surface area contributed by atoms with E-state index in [9.17, 15) is 9.59 Å². The molecule has 3 N–H and O–H groups in total. The lowest BCUT2D eigenvalue weighted by molar-refractivity contribution is -0.141. The Labute approximate surface area is 107 Å². The Bertz CT molecular complexity index is 331. The number of nitrogens with one attached hydrogen (secondary N) is 2. The van der Waals surface area contributed by atoms with Crippen LogP contribution in [0.3, 0.4) is 0 Å². The van der Waals surface area contributed by atoms with Gasteiger partial charge in [-0.15, -0.1) is 0 Å². The molecule has 0 aromatic carbocycles. The van der Waals surface area contributed by atoms with Crippen LogP contribution in [0.2, 0.25) is 0 Å². The normalized spacial score (nSPS) is 25.9. The molecular formula is C12H21N3O3. The summed E-state index contributed by atoms with van der Waals surface area (Å²) in [7, 11) is 0. The molecule has 1 saturated carbocycles. The Morgan fingerprint density at radius 3 is 2.67 bits per heavy atom. The lowest BCUT2D eigenvalue weighted by atomic mass is 10.2. The summed E-state index contributed by atoms with van der Waals surface area (Å²) < 4.78 is 0. The van der Waals surface area contributed by atoms with Crippen LogP contribution in [0, 0.1) is 0 Å². The van der Waals surface area contributed by atoms with E-state index >= 15 is 0 Å². The second-order valence-electron chi connectivity index (χ2n) is 5.21. The average molecular weight is 255 g/mol. The van der Waals surface area contributed by atoms with Crippen molar-refractivity contribution < 1.29 is 14.7 Å². The minimum Gasteiger partial charge on any atom is -0.480 e. The summed E-state index contributed by atoms with van der Waals surface area (Å²) in [5.41, 5.74) is 0. The molecule has 1 saturated heterocycles. The number of carboxylic acids is 1. The van der Waals surface area contributed by atoms with Crippen molar-refractivity contribution in [2.45, 2.75) is 44.3 Å². The molecule has 1 aliphatic heterocycles. The molecule has 2 aliphatic rings. The highest BCUT2D eigenvalue weighted by molar-refractivity contribution is 5.82. The number of carbonyl (C=O) groups is 2. The monoisotopic (exact) mass is 255 g/mol. The van der Waals surface area contributed by atoms with Crippen LogP contribution < -0.4 is 10.6 Å². The fourth-order valence-electron chi connectivity index (χ4n) is 2.46. The highest BCUT2D eigenvalue weighted by atomic mass is 16.4. The zero-order valence-corrected chi connectivity index (χ0v) is 10.7. The molecule has 0 bridgehead atoms. The number of likely N-dealkylation sites (tertiary alicyclic amines) is 1. The Morgan fingerprint density at radius 1 is 1.39 bits per heavy atom. The van der Waals surface area contributed by atoms with Gasteiger partial charge >= 0.3 is 5.97 Å². The fraction of sp³-hybridized carbons (Fsp3) is 0.833. The van der Waals surface area contributed by atoms with Crippen LogP contribution in [0.1, 0.15) is 26.2 Å². The molecule has 0 aromatic rings. The SMILES string of the molecule is CC(=O)NC(CNC1CCN(C2CC2)C1)C(=O)O. The summed E-state index contributed by atoms with van der Waals surface area (Å²) in [5.74, 6) is -1.30. The first-order valence-electron chi connectivity index (χ1n) is 6.53. The van der Waals surface area contributed by atoms with Gasteiger partial charge in [-0.1, -0.05) is 0 Å². The first kappa shape index (κ1) is 13.3. The minimum absolute atomic E-state index is 0.290. The third kappa shape index (κ3) is 3.68. The number of amides is 1. The van der Waals surface area contributed by atoms with Crippen molar-refractivity contribution >= 4 is 11.9 Å². The first-order valence-corrected chi connectivity index (χ1v) is 6.53. The zero-order valence-electron chi connectivity index (χ0n) is 10.7. The standard InChI is InChI=1S/C12H21N3O3/c1-8(16)14-11(12(17)18)6-13-9-4-5-15(7-9)10-2-3-10/h9-11,13H,2-7H2,1H3,(H,14,16)(H,17,18). The summed E-state index contributed by atoms with van der Waals surface area (Å²) in [6, 6.07) is 0.279. The van der Waals surface area contributed by atoms with E-state index in [0.717, 1.165) is 25.6 Å². The van der Waals surface area contributed by atoms with Gasteiger partial charge < -0.3 is 15.7 Å². The molecule has 6 nitrogen and oxygen atoms in total. The van der Waals surface area contributed by atoms with Gasteiger partial charge in [-0.3, -0.25) is 9.69 Å². The molecule has 1 aliphatic carbocycles. The van der Waals surface area contributed by atoms with Crippen molar-refractivity contribution in [3.63, 3.8) is 0 Å². The maximum atomic E-state index is 11.0. The first-order chi connectivity index (χ1) is 8.56. The summed E-state index contributed by atoms with van der Waals surface area (Å²) in [6.07, 6.45) is 3.66. The third-order valence-corrected chi connectivity index (χ3v) is 3.57. The van der Waals surface area contributed by atoms with Gasteiger partial charge in [-0.25, -0.2) is 4.79 Å². The van der Waals surface area contributed by atoms with Crippen molar-refractivity contribution in [2.75, 3.05) is 19.6 Å². The number of hydrogen-bond donors (Lipinski definition) is 3. The molecule has 6 heteroatoms. The molecule has 2 unspecified atom stereocenters.